The number of aromatic nitrogens is 1. The molecule has 0 aliphatic rings. The first kappa shape index (κ1) is 18.4. The zero-order valence-corrected chi connectivity index (χ0v) is 15.1. The Morgan fingerprint density at radius 1 is 1.27 bits per heavy atom. The van der Waals surface area contributed by atoms with Crippen LogP contribution in [-0.4, -0.2) is 18.0 Å². The largest absolute Gasteiger partial charge is 0.444 e. The maximum atomic E-state index is 13.1. The fraction of sp³-hybridized carbons (Fsp3) is 0.333. The minimum absolute atomic E-state index is 0. The van der Waals surface area contributed by atoms with Crippen LogP contribution in [0.3, 0.4) is 0 Å². The van der Waals surface area contributed by atoms with Crippen molar-refractivity contribution in [3.05, 3.63) is 53.0 Å². The molecule has 1 heterocycles. The third-order valence-electron chi connectivity index (χ3n) is 3.05. The summed E-state index contributed by atoms with van der Waals surface area (Å²) in [7, 11) is 1.67. The van der Waals surface area contributed by atoms with Crippen molar-refractivity contribution < 1.29 is 8.81 Å². The number of hydrogen-bond acceptors (Lipinski definition) is 3. The molecule has 2 N–H and O–H groups in total. The van der Waals surface area contributed by atoms with Crippen molar-refractivity contribution in [3.63, 3.8) is 0 Å². The van der Waals surface area contributed by atoms with E-state index < -0.39 is 0 Å². The van der Waals surface area contributed by atoms with Gasteiger partial charge in [0.2, 0.25) is 5.89 Å². The Morgan fingerprint density at radius 2 is 2.00 bits per heavy atom. The molecule has 22 heavy (non-hydrogen) atoms. The molecule has 0 saturated carbocycles. The average molecular weight is 418 g/mol. The van der Waals surface area contributed by atoms with Crippen molar-refractivity contribution in [1.82, 2.24) is 15.6 Å². The summed E-state index contributed by atoms with van der Waals surface area (Å²) >= 11 is 0. The molecule has 120 valence electrons. The van der Waals surface area contributed by atoms with E-state index in [0.717, 1.165) is 17.0 Å². The quantitative estimate of drug-likeness (QED) is 0.456. The molecule has 0 aliphatic carbocycles. The van der Waals surface area contributed by atoms with Crippen molar-refractivity contribution in [2.75, 3.05) is 7.05 Å². The van der Waals surface area contributed by atoms with Crippen LogP contribution in [0.4, 0.5) is 4.39 Å². The van der Waals surface area contributed by atoms with E-state index in [1.165, 1.54) is 12.1 Å². The lowest BCUT2D eigenvalue weighted by Gasteiger charge is -2.10. The summed E-state index contributed by atoms with van der Waals surface area (Å²) < 4.78 is 18.6. The number of nitrogens with zero attached hydrogens (tertiary/aromatic N) is 2. The summed E-state index contributed by atoms with van der Waals surface area (Å²) in [4.78, 5) is 8.39. The third kappa shape index (κ3) is 5.28. The van der Waals surface area contributed by atoms with Crippen LogP contribution in [0.5, 0.6) is 0 Å². The Bertz CT molecular complexity index is 623. The van der Waals surface area contributed by atoms with Crippen molar-refractivity contribution >= 4 is 29.9 Å². The molecular formula is C15H20FIN4O. The zero-order valence-electron chi connectivity index (χ0n) is 12.8. The molecule has 7 heteroatoms. The number of hydrogen-bond donors (Lipinski definition) is 2. The van der Waals surface area contributed by atoms with Crippen LogP contribution in [0.2, 0.25) is 0 Å². The molecule has 5 nitrogen and oxygen atoms in total. The van der Waals surface area contributed by atoms with Crippen molar-refractivity contribution in [2.24, 2.45) is 4.99 Å². The third-order valence-corrected chi connectivity index (χ3v) is 3.05. The summed E-state index contributed by atoms with van der Waals surface area (Å²) in [6.45, 7) is 4.71. The molecular weight excluding hydrogens is 398 g/mol. The number of aliphatic imine (C=N–C) groups is 1. The normalized spacial score (nSPS) is 11.0. The summed E-state index contributed by atoms with van der Waals surface area (Å²) in [6, 6.07) is 6.44. The predicted octanol–water partition coefficient (Wildman–Crippen LogP) is 2.91. The van der Waals surface area contributed by atoms with E-state index in [0.29, 0.717) is 24.9 Å². The Hall–Kier alpha value is -1.64. The van der Waals surface area contributed by atoms with E-state index in [4.69, 9.17) is 4.42 Å². The minimum Gasteiger partial charge on any atom is -0.444 e. The van der Waals surface area contributed by atoms with E-state index in [1.54, 1.807) is 13.1 Å². The van der Waals surface area contributed by atoms with Crippen molar-refractivity contribution in [3.8, 4) is 0 Å². The molecule has 0 spiro atoms. The molecule has 1 aromatic heterocycles. The molecule has 0 atom stereocenters. The van der Waals surface area contributed by atoms with Crippen molar-refractivity contribution in [1.29, 1.82) is 0 Å². The topological polar surface area (TPSA) is 62.5 Å². The highest BCUT2D eigenvalue weighted by Crippen LogP contribution is 2.07. The molecule has 0 amide bonds. The molecule has 0 saturated heterocycles. The first-order valence-electron chi connectivity index (χ1n) is 6.70. The van der Waals surface area contributed by atoms with Gasteiger partial charge in [0, 0.05) is 13.6 Å². The Kier molecular flexibility index (Phi) is 7.30. The van der Waals surface area contributed by atoms with Gasteiger partial charge >= 0.3 is 0 Å². The lowest BCUT2D eigenvalue weighted by molar-refractivity contribution is 0.463. The van der Waals surface area contributed by atoms with Gasteiger partial charge < -0.3 is 15.1 Å². The highest BCUT2D eigenvalue weighted by Gasteiger charge is 2.06. The zero-order chi connectivity index (χ0) is 15.2. The second-order valence-electron chi connectivity index (χ2n) is 4.66. The number of halogens is 2. The van der Waals surface area contributed by atoms with E-state index in [9.17, 15) is 4.39 Å². The van der Waals surface area contributed by atoms with Gasteiger partial charge in [-0.1, -0.05) is 12.1 Å². The number of oxazole rings is 1. The molecule has 0 bridgehead atoms. The molecule has 0 radical (unpaired) electrons. The minimum atomic E-state index is -0.247. The van der Waals surface area contributed by atoms with Gasteiger partial charge in [0.25, 0.3) is 0 Å². The molecule has 0 aliphatic heterocycles. The molecule has 0 fully saturated rings. The highest BCUT2D eigenvalue weighted by molar-refractivity contribution is 14.0. The predicted molar refractivity (Wildman–Crippen MR) is 94.8 cm³/mol. The van der Waals surface area contributed by atoms with Crippen LogP contribution >= 0.6 is 24.0 Å². The van der Waals surface area contributed by atoms with Gasteiger partial charge in [-0.05, 0) is 31.5 Å². The van der Waals surface area contributed by atoms with Crippen LogP contribution in [0.1, 0.15) is 22.9 Å². The van der Waals surface area contributed by atoms with Crippen LogP contribution in [0, 0.1) is 19.7 Å². The van der Waals surface area contributed by atoms with E-state index in [1.807, 2.05) is 19.9 Å². The maximum Gasteiger partial charge on any atom is 0.214 e. The monoisotopic (exact) mass is 418 g/mol. The number of nitrogens with one attached hydrogen (secondary N) is 2. The van der Waals surface area contributed by atoms with Gasteiger partial charge in [0.1, 0.15) is 11.6 Å². The number of rotatable bonds is 4. The summed E-state index contributed by atoms with van der Waals surface area (Å²) in [6.07, 6.45) is 0. The molecule has 0 unspecified atom stereocenters. The highest BCUT2D eigenvalue weighted by atomic mass is 127. The van der Waals surface area contributed by atoms with Crippen LogP contribution < -0.4 is 10.6 Å². The van der Waals surface area contributed by atoms with Gasteiger partial charge in [-0.2, -0.15) is 0 Å². The average Bonchev–Trinajstić information content (AvgIpc) is 2.78. The van der Waals surface area contributed by atoms with Gasteiger partial charge in [0.15, 0.2) is 5.96 Å². The lowest BCUT2D eigenvalue weighted by atomic mass is 10.2. The smallest absolute Gasteiger partial charge is 0.214 e. The fourth-order valence-electron chi connectivity index (χ4n) is 1.83. The summed E-state index contributed by atoms with van der Waals surface area (Å²) in [5, 5.41) is 6.21. The Labute approximate surface area is 146 Å². The number of benzene rings is 1. The lowest BCUT2D eigenvalue weighted by Crippen LogP contribution is -2.36. The first-order valence-corrected chi connectivity index (χ1v) is 6.70. The SMILES string of the molecule is CN=C(NCc1cccc(F)c1)NCc1nc(C)c(C)o1.I. The van der Waals surface area contributed by atoms with Crippen molar-refractivity contribution in [2.45, 2.75) is 26.9 Å². The van der Waals surface area contributed by atoms with Crippen LogP contribution in [0.25, 0.3) is 0 Å². The van der Waals surface area contributed by atoms with Gasteiger partial charge in [-0.3, -0.25) is 4.99 Å². The van der Waals surface area contributed by atoms with Gasteiger partial charge in [-0.25, -0.2) is 9.37 Å². The maximum absolute atomic E-state index is 13.1. The van der Waals surface area contributed by atoms with E-state index >= 15 is 0 Å². The van der Waals surface area contributed by atoms with Gasteiger partial charge in [0.05, 0.1) is 12.2 Å². The molecule has 2 rings (SSSR count). The van der Waals surface area contributed by atoms with Crippen LogP contribution in [0.15, 0.2) is 33.7 Å². The summed E-state index contributed by atoms with van der Waals surface area (Å²) in [5.41, 5.74) is 1.73. The molecule has 2 aromatic rings. The van der Waals surface area contributed by atoms with Crippen LogP contribution in [-0.2, 0) is 13.1 Å². The number of aryl methyl sites for hydroxylation is 2. The second-order valence-corrected chi connectivity index (χ2v) is 4.66. The van der Waals surface area contributed by atoms with E-state index in [-0.39, 0.29) is 29.8 Å². The van der Waals surface area contributed by atoms with E-state index in [2.05, 4.69) is 20.6 Å². The second kappa shape index (κ2) is 8.72. The standard InChI is InChI=1S/C15H19FN4O.HI/c1-10-11(2)21-14(20-10)9-19-15(17-3)18-8-12-5-4-6-13(16)7-12;/h4-7H,8-9H2,1-3H3,(H2,17,18,19);1H. The molecule has 1 aromatic carbocycles. The number of guanidine groups is 1. The Balaban J connectivity index is 0.00000242. The summed E-state index contributed by atoms with van der Waals surface area (Å²) in [5.74, 6) is 1.78. The Morgan fingerprint density at radius 3 is 2.59 bits per heavy atom. The van der Waals surface area contributed by atoms with Gasteiger partial charge in [-0.15, -0.1) is 24.0 Å². The first-order chi connectivity index (χ1) is 10.1. The fourth-order valence-corrected chi connectivity index (χ4v) is 1.83.